The second kappa shape index (κ2) is 6.84. The molecule has 0 N–H and O–H groups in total. The Hall–Kier alpha value is -1.41. The molecule has 1 aromatic heterocycles. The normalized spacial score (nSPS) is 17.3. The number of hydrogen-bond donors (Lipinski definition) is 0. The first-order chi connectivity index (χ1) is 11.4. The summed E-state index contributed by atoms with van der Waals surface area (Å²) in [5.74, 6) is 0. The molecule has 24 heavy (non-hydrogen) atoms. The van der Waals surface area contributed by atoms with Crippen molar-refractivity contribution >= 4 is 21.6 Å². The quantitative estimate of drug-likeness (QED) is 0.826. The van der Waals surface area contributed by atoms with Crippen molar-refractivity contribution in [3.8, 4) is 0 Å². The molecule has 0 amide bonds. The van der Waals surface area contributed by atoms with Gasteiger partial charge >= 0.3 is 0 Å². The predicted molar refractivity (Wildman–Crippen MR) is 93.4 cm³/mol. The highest BCUT2D eigenvalue weighted by molar-refractivity contribution is 7.89. The molecule has 1 fully saturated rings. The lowest BCUT2D eigenvalue weighted by molar-refractivity contribution is 0.181. The maximum Gasteiger partial charge on any atom is 0.243 e. The predicted octanol–water partition coefficient (Wildman–Crippen LogP) is 1.89. The fourth-order valence-electron chi connectivity index (χ4n) is 2.82. The zero-order valence-corrected chi connectivity index (χ0v) is 15.4. The van der Waals surface area contributed by atoms with Crippen LogP contribution in [0.15, 0.2) is 35.4 Å². The van der Waals surface area contributed by atoms with E-state index >= 15 is 0 Å². The minimum atomic E-state index is -3.45. The first-order valence-electron chi connectivity index (χ1n) is 7.83. The van der Waals surface area contributed by atoms with Gasteiger partial charge in [-0.2, -0.15) is 9.40 Å². The van der Waals surface area contributed by atoms with Crippen LogP contribution in [0.5, 0.6) is 0 Å². The first-order valence-corrected chi connectivity index (χ1v) is 9.65. The number of hydrogen-bond acceptors (Lipinski definition) is 4. The number of rotatable bonds is 4. The number of piperazine rings is 1. The Labute approximate surface area is 147 Å². The molecule has 1 saturated heterocycles. The molecule has 0 saturated carbocycles. The number of aryl methyl sites for hydroxylation is 1. The summed E-state index contributed by atoms with van der Waals surface area (Å²) in [5, 5.41) is 4.79. The molecule has 2 heterocycles. The number of aromatic nitrogens is 2. The van der Waals surface area contributed by atoms with E-state index < -0.39 is 10.0 Å². The van der Waals surface area contributed by atoms with Crippen LogP contribution in [0.4, 0.5) is 0 Å². The third-order valence-corrected chi connectivity index (χ3v) is 6.68. The Morgan fingerprint density at radius 1 is 1.12 bits per heavy atom. The van der Waals surface area contributed by atoms with Crippen molar-refractivity contribution in [2.24, 2.45) is 7.05 Å². The van der Waals surface area contributed by atoms with Gasteiger partial charge in [0.1, 0.15) is 0 Å². The zero-order chi connectivity index (χ0) is 17.3. The van der Waals surface area contributed by atoms with E-state index in [9.17, 15) is 8.42 Å². The molecule has 6 nitrogen and oxygen atoms in total. The van der Waals surface area contributed by atoms with E-state index in [2.05, 4.69) is 10.00 Å². The highest BCUT2D eigenvalue weighted by Crippen LogP contribution is 2.20. The average Bonchev–Trinajstić information content (AvgIpc) is 2.88. The lowest BCUT2D eigenvalue weighted by atomic mass is 10.2. The summed E-state index contributed by atoms with van der Waals surface area (Å²) in [6.07, 6.45) is 1.88. The van der Waals surface area contributed by atoms with Crippen LogP contribution in [0.3, 0.4) is 0 Å². The monoisotopic (exact) mass is 368 g/mol. The Kier molecular flexibility index (Phi) is 4.96. The molecular weight excluding hydrogens is 348 g/mol. The van der Waals surface area contributed by atoms with E-state index in [1.807, 2.05) is 24.9 Å². The summed E-state index contributed by atoms with van der Waals surface area (Å²) in [6, 6.07) is 6.33. The van der Waals surface area contributed by atoms with Crippen molar-refractivity contribution in [2.75, 3.05) is 26.2 Å². The van der Waals surface area contributed by atoms with Crippen molar-refractivity contribution in [3.05, 3.63) is 46.7 Å². The number of nitrogens with zero attached hydrogens (tertiary/aromatic N) is 4. The van der Waals surface area contributed by atoms with E-state index in [-0.39, 0.29) is 0 Å². The number of halogens is 1. The van der Waals surface area contributed by atoms with E-state index in [1.165, 1.54) is 5.56 Å². The molecule has 0 bridgehead atoms. The number of sulfonamides is 1. The molecule has 0 aliphatic carbocycles. The van der Waals surface area contributed by atoms with Gasteiger partial charge in [0.2, 0.25) is 10.0 Å². The largest absolute Gasteiger partial charge is 0.296 e. The van der Waals surface area contributed by atoms with Crippen LogP contribution in [-0.2, 0) is 23.6 Å². The van der Waals surface area contributed by atoms with Gasteiger partial charge in [0.05, 0.1) is 11.1 Å². The standard InChI is InChI=1S/C16H21ClN4O2S/c1-13-14(11-18-19(13)2)12-20-7-9-21(10-8-20)24(22,23)16-5-3-15(17)4-6-16/h3-6,11H,7-10,12H2,1-2H3. The molecule has 3 rings (SSSR count). The molecule has 0 radical (unpaired) electrons. The maximum atomic E-state index is 12.7. The lowest BCUT2D eigenvalue weighted by Crippen LogP contribution is -2.48. The minimum Gasteiger partial charge on any atom is -0.296 e. The summed E-state index contributed by atoms with van der Waals surface area (Å²) in [7, 11) is -1.52. The van der Waals surface area contributed by atoms with Crippen LogP contribution < -0.4 is 0 Å². The average molecular weight is 369 g/mol. The highest BCUT2D eigenvalue weighted by Gasteiger charge is 2.28. The van der Waals surface area contributed by atoms with Crippen LogP contribution in [0.1, 0.15) is 11.3 Å². The van der Waals surface area contributed by atoms with Crippen LogP contribution in [0.2, 0.25) is 5.02 Å². The third kappa shape index (κ3) is 3.49. The number of benzene rings is 1. The molecule has 0 atom stereocenters. The zero-order valence-electron chi connectivity index (χ0n) is 13.8. The molecule has 2 aromatic rings. The van der Waals surface area contributed by atoms with Gasteiger partial charge in [-0.05, 0) is 31.2 Å². The highest BCUT2D eigenvalue weighted by atomic mass is 35.5. The summed E-state index contributed by atoms with van der Waals surface area (Å²) >= 11 is 5.84. The molecule has 1 aliphatic rings. The second-order valence-electron chi connectivity index (χ2n) is 6.01. The molecular formula is C16H21ClN4O2S. The summed E-state index contributed by atoms with van der Waals surface area (Å²) < 4.78 is 28.7. The van der Waals surface area contributed by atoms with Gasteiger partial charge in [-0.15, -0.1) is 0 Å². The topological polar surface area (TPSA) is 58.4 Å². The van der Waals surface area contributed by atoms with E-state index in [1.54, 1.807) is 28.6 Å². The molecule has 1 aromatic carbocycles. The van der Waals surface area contributed by atoms with Crippen molar-refractivity contribution < 1.29 is 8.42 Å². The second-order valence-corrected chi connectivity index (χ2v) is 8.39. The SMILES string of the molecule is Cc1c(CN2CCN(S(=O)(=O)c3ccc(Cl)cc3)CC2)cnn1C. The first kappa shape index (κ1) is 17.4. The lowest BCUT2D eigenvalue weighted by Gasteiger charge is -2.33. The Balaban J connectivity index is 1.64. The Morgan fingerprint density at radius 3 is 2.29 bits per heavy atom. The summed E-state index contributed by atoms with van der Waals surface area (Å²) in [4.78, 5) is 2.56. The summed E-state index contributed by atoms with van der Waals surface area (Å²) in [5.41, 5.74) is 2.33. The fraction of sp³-hybridized carbons (Fsp3) is 0.438. The van der Waals surface area contributed by atoms with Gasteiger partial charge in [-0.25, -0.2) is 8.42 Å². The van der Waals surface area contributed by atoms with Gasteiger partial charge in [0.15, 0.2) is 0 Å². The van der Waals surface area contributed by atoms with Gasteiger partial charge in [-0.3, -0.25) is 9.58 Å². The van der Waals surface area contributed by atoms with E-state index in [0.29, 0.717) is 36.1 Å². The third-order valence-electron chi connectivity index (χ3n) is 4.51. The fourth-order valence-corrected chi connectivity index (χ4v) is 4.37. The van der Waals surface area contributed by atoms with Crippen LogP contribution in [0.25, 0.3) is 0 Å². The Bertz CT molecular complexity index is 809. The van der Waals surface area contributed by atoms with E-state index in [0.717, 1.165) is 12.2 Å². The van der Waals surface area contributed by atoms with E-state index in [4.69, 9.17) is 11.6 Å². The maximum absolute atomic E-state index is 12.7. The van der Waals surface area contributed by atoms with Crippen molar-refractivity contribution in [3.63, 3.8) is 0 Å². The van der Waals surface area contributed by atoms with Crippen LogP contribution in [0, 0.1) is 6.92 Å². The van der Waals surface area contributed by atoms with Crippen LogP contribution >= 0.6 is 11.6 Å². The molecule has 130 valence electrons. The van der Waals surface area contributed by atoms with Crippen molar-refractivity contribution in [1.82, 2.24) is 19.0 Å². The van der Waals surface area contributed by atoms with Crippen molar-refractivity contribution in [2.45, 2.75) is 18.4 Å². The molecule has 1 aliphatic heterocycles. The minimum absolute atomic E-state index is 0.295. The van der Waals surface area contributed by atoms with Crippen molar-refractivity contribution in [1.29, 1.82) is 0 Å². The Morgan fingerprint density at radius 2 is 1.75 bits per heavy atom. The molecule has 8 heteroatoms. The van der Waals surface area contributed by atoms with Gasteiger partial charge in [-0.1, -0.05) is 11.6 Å². The van der Waals surface area contributed by atoms with Gasteiger partial charge < -0.3 is 0 Å². The smallest absolute Gasteiger partial charge is 0.243 e. The van der Waals surface area contributed by atoms with Gasteiger partial charge in [0, 0.05) is 56.1 Å². The summed E-state index contributed by atoms with van der Waals surface area (Å²) in [6.45, 7) is 5.24. The van der Waals surface area contributed by atoms with Gasteiger partial charge in [0.25, 0.3) is 0 Å². The molecule has 0 spiro atoms. The molecule has 0 unspecified atom stereocenters. The van der Waals surface area contributed by atoms with Crippen LogP contribution in [-0.4, -0.2) is 53.6 Å².